The number of urea groups is 1. The van der Waals surface area contributed by atoms with E-state index in [-0.39, 0.29) is 17.7 Å². The fraction of sp³-hybridized carbons (Fsp3) is 0.476. The van der Waals surface area contributed by atoms with Crippen LogP contribution in [0.25, 0.3) is 0 Å². The number of rotatable bonds is 8. The lowest BCUT2D eigenvalue weighted by Crippen LogP contribution is -2.22. The van der Waals surface area contributed by atoms with Gasteiger partial charge in [0.1, 0.15) is 0 Å². The Morgan fingerprint density at radius 1 is 1.24 bits per heavy atom. The first kappa shape index (κ1) is 21.8. The molecule has 6 nitrogen and oxygen atoms in total. The van der Waals surface area contributed by atoms with Crippen molar-refractivity contribution in [3.8, 4) is 0 Å². The highest BCUT2D eigenvalue weighted by Gasteiger charge is 2.26. The van der Waals surface area contributed by atoms with Gasteiger partial charge in [0.15, 0.2) is 10.9 Å². The zero-order valence-corrected chi connectivity index (χ0v) is 18.8. The Hall–Kier alpha value is -1.90. The number of amides is 2. The molecule has 2 aromatic rings. The van der Waals surface area contributed by atoms with Crippen molar-refractivity contribution in [1.82, 2.24) is 9.88 Å². The molecule has 0 spiro atoms. The number of hydrogen-bond acceptors (Lipinski definition) is 6. The maximum Gasteiger partial charge on any atom is 0.325 e. The predicted octanol–water partition coefficient (Wildman–Crippen LogP) is 5.12. The van der Waals surface area contributed by atoms with Gasteiger partial charge in [0.2, 0.25) is 0 Å². The fourth-order valence-corrected chi connectivity index (χ4v) is 5.39. The second-order valence-corrected chi connectivity index (χ2v) is 10.0. The van der Waals surface area contributed by atoms with Gasteiger partial charge < -0.3 is 10.2 Å². The van der Waals surface area contributed by atoms with Crippen molar-refractivity contribution in [2.45, 2.75) is 36.8 Å². The number of Topliss-reactive ketones (excluding diaryl/α,β-unsaturated/α-hetero) is 1. The number of aryl methyl sites for hydroxylation is 1. The third kappa shape index (κ3) is 6.29. The Bertz CT molecular complexity index is 860. The highest BCUT2D eigenvalue weighted by Crippen LogP contribution is 2.31. The van der Waals surface area contributed by atoms with Crippen LogP contribution in [0.15, 0.2) is 28.6 Å². The summed E-state index contributed by atoms with van der Waals surface area (Å²) >= 11 is 3.17. The molecule has 0 radical (unpaired) electrons. The molecule has 0 aliphatic heterocycles. The van der Waals surface area contributed by atoms with Gasteiger partial charge in [-0.15, -0.1) is 11.8 Å². The van der Waals surface area contributed by atoms with Crippen LogP contribution < -0.4 is 10.6 Å². The van der Waals surface area contributed by atoms with Gasteiger partial charge >= 0.3 is 6.03 Å². The van der Waals surface area contributed by atoms with Crippen LogP contribution in [-0.2, 0) is 0 Å². The van der Waals surface area contributed by atoms with Crippen molar-refractivity contribution in [2.75, 3.05) is 37.0 Å². The van der Waals surface area contributed by atoms with E-state index in [0.29, 0.717) is 16.4 Å². The second kappa shape index (κ2) is 10.2. The molecule has 156 valence electrons. The summed E-state index contributed by atoms with van der Waals surface area (Å²) in [5.41, 5.74) is 2.17. The number of benzene rings is 1. The number of carbonyl (C=O) groups is 2. The maximum atomic E-state index is 12.9. The summed E-state index contributed by atoms with van der Waals surface area (Å²) in [6.45, 7) is 2.94. The Kier molecular flexibility index (Phi) is 7.69. The molecule has 1 aliphatic rings. The first-order valence-electron chi connectivity index (χ1n) is 9.88. The van der Waals surface area contributed by atoms with Crippen LogP contribution in [-0.4, -0.2) is 48.1 Å². The molecular formula is C21H28N4O2S2. The summed E-state index contributed by atoms with van der Waals surface area (Å²) in [7, 11) is 4.09. The van der Waals surface area contributed by atoms with Crippen LogP contribution in [0.4, 0.5) is 15.6 Å². The average Bonchev–Trinajstić information content (AvgIpc) is 3.34. The van der Waals surface area contributed by atoms with Gasteiger partial charge in [0.05, 0.1) is 16.1 Å². The van der Waals surface area contributed by atoms with E-state index < -0.39 is 0 Å². The first-order valence-corrected chi connectivity index (χ1v) is 11.7. The highest BCUT2D eigenvalue weighted by atomic mass is 32.2. The van der Waals surface area contributed by atoms with Crippen molar-refractivity contribution < 1.29 is 9.59 Å². The fourth-order valence-electron chi connectivity index (χ4n) is 3.34. The lowest BCUT2D eigenvalue weighted by molar-refractivity contribution is 0.0923. The molecule has 8 heteroatoms. The summed E-state index contributed by atoms with van der Waals surface area (Å²) in [5, 5.41) is 6.17. The molecule has 1 fully saturated rings. The number of thiazole rings is 1. The maximum absolute atomic E-state index is 12.9. The van der Waals surface area contributed by atoms with Gasteiger partial charge in [-0.1, -0.05) is 35.8 Å². The molecular weight excluding hydrogens is 404 g/mol. The summed E-state index contributed by atoms with van der Waals surface area (Å²) in [4.78, 5) is 31.8. The summed E-state index contributed by atoms with van der Waals surface area (Å²) in [6.07, 6.45) is 5.86. The van der Waals surface area contributed by atoms with Crippen molar-refractivity contribution in [1.29, 1.82) is 0 Å². The molecule has 1 aromatic carbocycles. The quantitative estimate of drug-likeness (QED) is 0.447. The number of thioether (sulfide) groups is 1. The number of carbonyl (C=O) groups excluding carboxylic acids is 2. The molecule has 29 heavy (non-hydrogen) atoms. The number of aromatic nitrogens is 1. The smallest absolute Gasteiger partial charge is 0.309 e. The van der Waals surface area contributed by atoms with Crippen LogP contribution in [0, 0.1) is 12.8 Å². The minimum Gasteiger partial charge on any atom is -0.309 e. The Morgan fingerprint density at radius 2 is 2.00 bits per heavy atom. The molecule has 1 aliphatic carbocycles. The van der Waals surface area contributed by atoms with Crippen LogP contribution in [0.5, 0.6) is 0 Å². The molecule has 1 saturated carbocycles. The van der Waals surface area contributed by atoms with Gasteiger partial charge in [-0.2, -0.15) is 0 Å². The van der Waals surface area contributed by atoms with E-state index in [2.05, 4.69) is 20.5 Å². The number of nitrogens with one attached hydrogen (secondary N) is 2. The first-order chi connectivity index (χ1) is 13.9. The third-order valence-corrected chi connectivity index (χ3v) is 6.99. The minimum atomic E-state index is -0.381. The molecule has 0 atom stereocenters. The monoisotopic (exact) mass is 432 g/mol. The zero-order valence-electron chi connectivity index (χ0n) is 17.2. The van der Waals surface area contributed by atoms with E-state index >= 15 is 0 Å². The van der Waals surface area contributed by atoms with Gasteiger partial charge in [0.25, 0.3) is 0 Å². The minimum absolute atomic E-state index is 0.0705. The van der Waals surface area contributed by atoms with Gasteiger partial charge in [-0.05, 0) is 46.0 Å². The van der Waals surface area contributed by atoms with E-state index in [9.17, 15) is 9.59 Å². The largest absolute Gasteiger partial charge is 0.325 e. The van der Waals surface area contributed by atoms with E-state index in [1.54, 1.807) is 18.0 Å². The molecule has 0 unspecified atom stereocenters. The number of hydrogen-bond donors (Lipinski definition) is 2. The van der Waals surface area contributed by atoms with Gasteiger partial charge in [-0.3, -0.25) is 10.1 Å². The van der Waals surface area contributed by atoms with Crippen molar-refractivity contribution >= 4 is 45.7 Å². The lowest BCUT2D eigenvalue weighted by atomic mass is 9.94. The Morgan fingerprint density at radius 3 is 2.72 bits per heavy atom. The second-order valence-electron chi connectivity index (χ2n) is 7.61. The number of nitrogens with zero attached hydrogens (tertiary/aromatic N) is 2. The van der Waals surface area contributed by atoms with Crippen molar-refractivity contribution in [3.05, 3.63) is 35.5 Å². The normalized spacial score (nSPS) is 14.3. The molecule has 1 aromatic heterocycles. The Labute approximate surface area is 180 Å². The third-order valence-electron chi connectivity index (χ3n) is 4.90. The SMILES string of the molecule is Cc1ccc(NC(=O)Nc2ncc(SCCN(C)C)s2)c(C(=O)C2CCCC2)c1. The van der Waals surface area contributed by atoms with Gasteiger partial charge in [-0.25, -0.2) is 9.78 Å². The van der Waals surface area contributed by atoms with E-state index in [1.165, 1.54) is 11.3 Å². The van der Waals surface area contributed by atoms with E-state index in [0.717, 1.165) is 47.8 Å². The van der Waals surface area contributed by atoms with Gasteiger partial charge in [0, 0.05) is 23.8 Å². The average molecular weight is 433 g/mol. The zero-order chi connectivity index (χ0) is 20.8. The number of anilines is 2. The summed E-state index contributed by atoms with van der Waals surface area (Å²) in [5.74, 6) is 1.17. The molecule has 2 amide bonds. The number of ketones is 1. The van der Waals surface area contributed by atoms with E-state index in [1.807, 2.05) is 39.2 Å². The summed E-state index contributed by atoms with van der Waals surface area (Å²) in [6, 6.07) is 5.21. The Balaban J connectivity index is 1.62. The molecule has 1 heterocycles. The standard InChI is InChI=1S/C21H28N4O2S2/c1-14-8-9-17(16(12-14)19(26)15-6-4-5-7-15)23-20(27)24-21-22-13-18(29-21)28-11-10-25(2)3/h8-9,12-13,15H,4-7,10-11H2,1-3H3,(H2,22,23,24,27). The molecule has 3 rings (SSSR count). The van der Waals surface area contributed by atoms with Crippen LogP contribution in [0.1, 0.15) is 41.6 Å². The molecule has 0 saturated heterocycles. The van der Waals surface area contributed by atoms with E-state index in [4.69, 9.17) is 0 Å². The lowest BCUT2D eigenvalue weighted by Gasteiger charge is -2.14. The van der Waals surface area contributed by atoms with Crippen molar-refractivity contribution in [2.24, 2.45) is 5.92 Å². The summed E-state index contributed by atoms with van der Waals surface area (Å²) < 4.78 is 1.06. The van der Waals surface area contributed by atoms with Crippen LogP contribution >= 0.6 is 23.1 Å². The molecule has 0 bridgehead atoms. The highest BCUT2D eigenvalue weighted by molar-refractivity contribution is 8.01. The molecule has 2 N–H and O–H groups in total. The van der Waals surface area contributed by atoms with Crippen molar-refractivity contribution in [3.63, 3.8) is 0 Å². The topological polar surface area (TPSA) is 74.3 Å². The van der Waals surface area contributed by atoms with Crippen LogP contribution in [0.2, 0.25) is 0 Å². The van der Waals surface area contributed by atoms with Crippen LogP contribution in [0.3, 0.4) is 0 Å². The predicted molar refractivity (Wildman–Crippen MR) is 122 cm³/mol.